The van der Waals surface area contributed by atoms with E-state index in [1.165, 1.54) is 32.2 Å². The van der Waals surface area contributed by atoms with Crippen LogP contribution >= 0.6 is 0 Å². The quantitative estimate of drug-likeness (QED) is 0.280. The number of benzene rings is 1. The molecule has 1 aliphatic heterocycles. The van der Waals surface area contributed by atoms with Crippen molar-refractivity contribution in [1.29, 1.82) is 0 Å². The van der Waals surface area contributed by atoms with Crippen LogP contribution in [0.25, 0.3) is 0 Å². The van der Waals surface area contributed by atoms with Crippen molar-refractivity contribution in [2.45, 2.75) is 58.4 Å². The van der Waals surface area contributed by atoms with Gasteiger partial charge in [-0.05, 0) is 18.2 Å². The van der Waals surface area contributed by atoms with Crippen molar-refractivity contribution >= 4 is 30.2 Å². The van der Waals surface area contributed by atoms with Gasteiger partial charge < -0.3 is 33.2 Å². The van der Waals surface area contributed by atoms with Crippen molar-refractivity contribution in [2.24, 2.45) is 0 Å². The Hall–Kier alpha value is -3.67. The van der Waals surface area contributed by atoms with Gasteiger partial charge in [0.15, 0.2) is 23.7 Å². The van der Waals surface area contributed by atoms with Crippen LogP contribution in [0, 0.1) is 0 Å². The molecule has 0 spiro atoms. The summed E-state index contributed by atoms with van der Waals surface area (Å²) >= 11 is 0. The molecule has 0 aromatic heterocycles. The first kappa shape index (κ1) is 26.6. The highest BCUT2D eigenvalue weighted by Gasteiger charge is 2.53. The first-order chi connectivity index (χ1) is 16.0. The smallest absolute Gasteiger partial charge is 0.303 e. The van der Waals surface area contributed by atoms with Crippen molar-refractivity contribution in [2.75, 3.05) is 13.7 Å². The van der Waals surface area contributed by atoms with Gasteiger partial charge in [-0.3, -0.25) is 24.0 Å². The minimum Gasteiger partial charge on any atom is -0.493 e. The SMILES string of the molecule is COc1cc(C=O)ccc1O[C@@H]1O[C@H](COC(C)=O)[C@H](OC(C)=O)[C@H](OC(C)=O)[C@@H]1OC(C)=O. The molecule has 0 amide bonds. The van der Waals surface area contributed by atoms with E-state index in [4.69, 9.17) is 33.2 Å². The summed E-state index contributed by atoms with van der Waals surface area (Å²) in [5, 5.41) is 0. The van der Waals surface area contributed by atoms with Gasteiger partial charge in [0.2, 0.25) is 12.4 Å². The van der Waals surface area contributed by atoms with Crippen molar-refractivity contribution in [3.63, 3.8) is 0 Å². The van der Waals surface area contributed by atoms with Crippen LogP contribution in [0.15, 0.2) is 18.2 Å². The molecule has 1 heterocycles. The Kier molecular flexibility index (Phi) is 9.36. The Morgan fingerprint density at radius 3 is 1.97 bits per heavy atom. The van der Waals surface area contributed by atoms with Gasteiger partial charge in [-0.15, -0.1) is 0 Å². The first-order valence-electron chi connectivity index (χ1n) is 10.2. The van der Waals surface area contributed by atoms with Crippen LogP contribution in [0.3, 0.4) is 0 Å². The largest absolute Gasteiger partial charge is 0.493 e. The highest BCUT2D eigenvalue weighted by atomic mass is 16.7. The van der Waals surface area contributed by atoms with Gasteiger partial charge in [0.1, 0.15) is 19.0 Å². The number of methoxy groups -OCH3 is 1. The lowest BCUT2D eigenvalue weighted by Gasteiger charge is -2.44. The van der Waals surface area contributed by atoms with Crippen LogP contribution in [0.4, 0.5) is 0 Å². The maximum Gasteiger partial charge on any atom is 0.303 e. The normalized spacial score (nSPS) is 23.7. The van der Waals surface area contributed by atoms with E-state index in [0.29, 0.717) is 11.8 Å². The summed E-state index contributed by atoms with van der Waals surface area (Å²) in [5.74, 6) is -2.64. The van der Waals surface area contributed by atoms with E-state index in [-0.39, 0.29) is 18.1 Å². The Balaban J connectivity index is 2.51. The summed E-state index contributed by atoms with van der Waals surface area (Å²) in [6.45, 7) is 4.13. The molecule has 5 atom stereocenters. The minimum absolute atomic E-state index is 0.106. The predicted molar refractivity (Wildman–Crippen MR) is 111 cm³/mol. The van der Waals surface area contributed by atoms with E-state index in [9.17, 15) is 24.0 Å². The van der Waals surface area contributed by atoms with Crippen molar-refractivity contribution in [1.82, 2.24) is 0 Å². The predicted octanol–water partition coefficient (Wildman–Crippen LogP) is 0.970. The molecule has 1 aromatic rings. The van der Waals surface area contributed by atoms with Gasteiger partial charge in [-0.25, -0.2) is 0 Å². The Labute approximate surface area is 195 Å². The van der Waals surface area contributed by atoms with Crippen LogP contribution in [-0.2, 0) is 42.9 Å². The molecule has 0 radical (unpaired) electrons. The molecule has 0 saturated carbocycles. The van der Waals surface area contributed by atoms with Gasteiger partial charge >= 0.3 is 23.9 Å². The Bertz CT molecular complexity index is 926. The van der Waals surface area contributed by atoms with Crippen LogP contribution in [0.2, 0.25) is 0 Å². The molecule has 186 valence electrons. The molecule has 1 fully saturated rings. The monoisotopic (exact) mass is 482 g/mol. The summed E-state index contributed by atoms with van der Waals surface area (Å²) in [7, 11) is 1.35. The fraction of sp³-hybridized carbons (Fsp3) is 0.500. The molecule has 34 heavy (non-hydrogen) atoms. The van der Waals surface area contributed by atoms with Gasteiger partial charge in [0.25, 0.3) is 0 Å². The topological polar surface area (TPSA) is 150 Å². The molecule has 2 rings (SSSR count). The maximum atomic E-state index is 11.9. The van der Waals surface area contributed by atoms with Gasteiger partial charge in [0.05, 0.1) is 7.11 Å². The van der Waals surface area contributed by atoms with Crippen molar-refractivity contribution in [3.8, 4) is 11.5 Å². The number of carbonyl (C=O) groups excluding carboxylic acids is 5. The summed E-state index contributed by atoms with van der Waals surface area (Å²) in [4.78, 5) is 57.9. The maximum absolute atomic E-state index is 11.9. The van der Waals surface area contributed by atoms with Crippen LogP contribution in [0.5, 0.6) is 11.5 Å². The highest BCUT2D eigenvalue weighted by Crippen LogP contribution is 2.34. The lowest BCUT2D eigenvalue weighted by molar-refractivity contribution is -0.288. The number of ether oxygens (including phenoxy) is 7. The van der Waals surface area contributed by atoms with E-state index < -0.39 is 54.6 Å². The summed E-state index contributed by atoms with van der Waals surface area (Å²) in [6, 6.07) is 4.29. The third-order valence-electron chi connectivity index (χ3n) is 4.52. The summed E-state index contributed by atoms with van der Waals surface area (Å²) < 4.78 is 38.0. The summed E-state index contributed by atoms with van der Waals surface area (Å²) in [6.07, 6.45) is -6.03. The zero-order valence-electron chi connectivity index (χ0n) is 19.3. The highest BCUT2D eigenvalue weighted by molar-refractivity contribution is 5.76. The standard InChI is InChI=1S/C22H26O12/c1-11(24)29-10-18-19(30-12(2)25)20(31-13(3)26)21(32-14(4)27)22(34-18)33-16-7-6-15(9-23)8-17(16)28-5/h6-9,18-22H,10H2,1-5H3/t18-,19+,20+,21+,22-/m1/s1. The Morgan fingerprint density at radius 2 is 1.44 bits per heavy atom. The van der Waals surface area contributed by atoms with Crippen LogP contribution in [0.1, 0.15) is 38.1 Å². The van der Waals surface area contributed by atoms with E-state index in [1.54, 1.807) is 0 Å². The number of aldehydes is 1. The van der Waals surface area contributed by atoms with Gasteiger partial charge in [0, 0.05) is 33.3 Å². The fourth-order valence-electron chi connectivity index (χ4n) is 3.26. The second-order valence-electron chi connectivity index (χ2n) is 7.21. The molecule has 1 aliphatic rings. The molecule has 0 unspecified atom stereocenters. The molecule has 0 bridgehead atoms. The summed E-state index contributed by atoms with van der Waals surface area (Å²) in [5.41, 5.74) is 0.311. The second kappa shape index (κ2) is 12.0. The molecule has 12 nitrogen and oxygen atoms in total. The molecule has 1 aromatic carbocycles. The van der Waals surface area contributed by atoms with Crippen molar-refractivity contribution in [3.05, 3.63) is 23.8 Å². The third-order valence-corrected chi connectivity index (χ3v) is 4.52. The zero-order valence-corrected chi connectivity index (χ0v) is 19.3. The average molecular weight is 482 g/mol. The van der Waals surface area contributed by atoms with Crippen LogP contribution in [-0.4, -0.2) is 74.6 Å². The van der Waals surface area contributed by atoms with Gasteiger partial charge in [-0.2, -0.15) is 0 Å². The van der Waals surface area contributed by atoms with E-state index in [0.717, 1.165) is 20.8 Å². The van der Waals surface area contributed by atoms with E-state index in [1.807, 2.05) is 0 Å². The van der Waals surface area contributed by atoms with E-state index >= 15 is 0 Å². The molecular weight excluding hydrogens is 456 g/mol. The zero-order chi connectivity index (χ0) is 25.4. The molecular formula is C22H26O12. The number of rotatable bonds is 9. The molecule has 0 aliphatic carbocycles. The number of hydrogen-bond donors (Lipinski definition) is 0. The molecule has 1 saturated heterocycles. The molecule has 0 N–H and O–H groups in total. The van der Waals surface area contributed by atoms with Crippen LogP contribution < -0.4 is 9.47 Å². The second-order valence-corrected chi connectivity index (χ2v) is 7.21. The lowest BCUT2D eigenvalue weighted by Crippen LogP contribution is -2.63. The van der Waals surface area contributed by atoms with E-state index in [2.05, 4.69) is 0 Å². The molecule has 12 heteroatoms. The number of carbonyl (C=O) groups is 5. The minimum atomic E-state index is -1.42. The average Bonchev–Trinajstić information content (AvgIpc) is 2.75. The number of esters is 4. The number of hydrogen-bond acceptors (Lipinski definition) is 12. The fourth-order valence-corrected chi connectivity index (χ4v) is 3.26. The lowest BCUT2D eigenvalue weighted by atomic mass is 9.98. The van der Waals surface area contributed by atoms with Gasteiger partial charge in [-0.1, -0.05) is 0 Å². The van der Waals surface area contributed by atoms with Crippen molar-refractivity contribution < 1.29 is 57.1 Å². The third kappa shape index (κ3) is 7.17. The Morgan fingerprint density at radius 1 is 0.853 bits per heavy atom. The first-order valence-corrected chi connectivity index (χ1v) is 10.2.